The van der Waals surface area contributed by atoms with Crippen LogP contribution < -0.4 is 10.6 Å². The van der Waals surface area contributed by atoms with E-state index in [0.29, 0.717) is 15.7 Å². The van der Waals surface area contributed by atoms with Gasteiger partial charge in [-0.2, -0.15) is 0 Å². The van der Waals surface area contributed by atoms with Crippen LogP contribution in [-0.4, -0.2) is 23.1 Å². The molecule has 0 aliphatic heterocycles. The number of hydrogen-bond donors (Lipinski definition) is 3. The van der Waals surface area contributed by atoms with E-state index in [2.05, 4.69) is 10.6 Å². The molecule has 0 aromatic heterocycles. The van der Waals surface area contributed by atoms with Crippen LogP contribution in [0.4, 0.5) is 10.5 Å². The smallest absolute Gasteiger partial charge is 0.326 e. The highest BCUT2D eigenvalue weighted by atomic mass is 35.5. The molecule has 0 saturated carbocycles. The molecule has 2 rings (SSSR count). The van der Waals surface area contributed by atoms with Crippen molar-refractivity contribution >= 4 is 40.9 Å². The summed E-state index contributed by atoms with van der Waals surface area (Å²) in [5, 5.41) is 14.9. The molecule has 23 heavy (non-hydrogen) atoms. The molecular weight excluding hydrogens is 339 g/mol. The largest absolute Gasteiger partial charge is 0.480 e. The van der Waals surface area contributed by atoms with Gasteiger partial charge in [-0.05, 0) is 23.8 Å². The number of urea groups is 1. The zero-order valence-corrected chi connectivity index (χ0v) is 13.4. The van der Waals surface area contributed by atoms with Crippen molar-refractivity contribution in [1.29, 1.82) is 0 Å². The van der Waals surface area contributed by atoms with Crippen molar-refractivity contribution < 1.29 is 14.7 Å². The standard InChI is InChI=1S/C16H14Cl2N2O3/c17-11-7-12(18)9-13(8-11)19-16(23)20-14(15(21)22)6-10-4-2-1-3-5-10/h1-5,7-9,14H,6H2,(H,21,22)(H2,19,20,23)/t14-/m0/s1. The minimum atomic E-state index is -1.12. The van der Waals surface area contributed by atoms with Gasteiger partial charge in [0.1, 0.15) is 6.04 Å². The second kappa shape index (κ2) is 7.85. The predicted molar refractivity (Wildman–Crippen MR) is 90.2 cm³/mol. The summed E-state index contributed by atoms with van der Waals surface area (Å²) in [6.45, 7) is 0. The normalized spacial score (nSPS) is 11.6. The van der Waals surface area contributed by atoms with E-state index in [1.165, 1.54) is 18.2 Å². The summed E-state index contributed by atoms with van der Waals surface area (Å²) in [5.74, 6) is -1.12. The average molecular weight is 353 g/mol. The van der Waals surface area contributed by atoms with Gasteiger partial charge in [-0.1, -0.05) is 53.5 Å². The van der Waals surface area contributed by atoms with Crippen LogP contribution >= 0.6 is 23.2 Å². The van der Waals surface area contributed by atoms with Gasteiger partial charge < -0.3 is 15.7 Å². The molecule has 2 aromatic rings. The van der Waals surface area contributed by atoms with Crippen molar-refractivity contribution in [3.05, 3.63) is 64.1 Å². The quantitative estimate of drug-likeness (QED) is 0.765. The maximum Gasteiger partial charge on any atom is 0.326 e. The number of halogens is 2. The number of benzene rings is 2. The molecule has 0 saturated heterocycles. The van der Waals surface area contributed by atoms with Crippen LogP contribution in [0.15, 0.2) is 48.5 Å². The van der Waals surface area contributed by atoms with E-state index >= 15 is 0 Å². The molecule has 5 nitrogen and oxygen atoms in total. The summed E-state index contributed by atoms with van der Waals surface area (Å²) < 4.78 is 0. The number of aliphatic carboxylic acids is 1. The Morgan fingerprint density at radius 1 is 1.04 bits per heavy atom. The van der Waals surface area contributed by atoms with Crippen LogP contribution in [0.2, 0.25) is 10.0 Å². The Bertz CT molecular complexity index is 687. The molecule has 0 spiro atoms. The van der Waals surface area contributed by atoms with Gasteiger partial charge in [0.15, 0.2) is 0 Å². The summed E-state index contributed by atoms with van der Waals surface area (Å²) in [7, 11) is 0. The third kappa shape index (κ3) is 5.47. The lowest BCUT2D eigenvalue weighted by atomic mass is 10.1. The Labute approximate surface area is 143 Å². The van der Waals surface area contributed by atoms with Crippen molar-refractivity contribution in [1.82, 2.24) is 5.32 Å². The van der Waals surface area contributed by atoms with E-state index < -0.39 is 18.0 Å². The van der Waals surface area contributed by atoms with E-state index in [0.717, 1.165) is 5.56 Å². The van der Waals surface area contributed by atoms with Crippen molar-refractivity contribution in [2.24, 2.45) is 0 Å². The third-order valence-electron chi connectivity index (χ3n) is 3.01. The number of carbonyl (C=O) groups excluding carboxylic acids is 1. The molecule has 0 bridgehead atoms. The first kappa shape index (κ1) is 17.1. The Kier molecular flexibility index (Phi) is 5.84. The van der Waals surface area contributed by atoms with E-state index in [-0.39, 0.29) is 6.42 Å². The Morgan fingerprint density at radius 3 is 2.22 bits per heavy atom. The molecule has 7 heteroatoms. The van der Waals surface area contributed by atoms with E-state index in [1.807, 2.05) is 18.2 Å². The zero-order chi connectivity index (χ0) is 16.8. The fraction of sp³-hybridized carbons (Fsp3) is 0.125. The molecule has 0 heterocycles. The lowest BCUT2D eigenvalue weighted by Crippen LogP contribution is -2.44. The van der Waals surface area contributed by atoms with Gasteiger partial charge in [-0.3, -0.25) is 0 Å². The number of carboxylic acid groups (broad SMARTS) is 1. The van der Waals surface area contributed by atoms with Crippen molar-refractivity contribution in [3.63, 3.8) is 0 Å². The van der Waals surface area contributed by atoms with Crippen LogP contribution in [-0.2, 0) is 11.2 Å². The zero-order valence-electron chi connectivity index (χ0n) is 11.9. The fourth-order valence-corrected chi connectivity index (χ4v) is 2.53. The number of anilines is 1. The van der Waals surface area contributed by atoms with Crippen molar-refractivity contribution in [2.75, 3.05) is 5.32 Å². The predicted octanol–water partition coefficient (Wildman–Crippen LogP) is 3.81. The maximum atomic E-state index is 12.0. The minimum Gasteiger partial charge on any atom is -0.480 e. The summed E-state index contributed by atoms with van der Waals surface area (Å²) >= 11 is 11.7. The molecule has 2 amide bonds. The monoisotopic (exact) mass is 352 g/mol. The number of hydrogen-bond acceptors (Lipinski definition) is 2. The number of carbonyl (C=O) groups is 2. The first-order valence-electron chi connectivity index (χ1n) is 6.74. The van der Waals surface area contributed by atoms with E-state index in [1.54, 1.807) is 12.1 Å². The molecule has 3 N–H and O–H groups in total. The lowest BCUT2D eigenvalue weighted by Gasteiger charge is -2.15. The van der Waals surface area contributed by atoms with Gasteiger partial charge in [0.2, 0.25) is 0 Å². The molecule has 1 atom stereocenters. The van der Waals surface area contributed by atoms with Crippen LogP contribution in [0.1, 0.15) is 5.56 Å². The molecule has 0 unspecified atom stereocenters. The molecule has 0 radical (unpaired) electrons. The second-order valence-corrected chi connectivity index (χ2v) is 5.71. The van der Waals surface area contributed by atoms with Crippen LogP contribution in [0, 0.1) is 0 Å². The van der Waals surface area contributed by atoms with Crippen molar-refractivity contribution in [2.45, 2.75) is 12.5 Å². The van der Waals surface area contributed by atoms with Gasteiger partial charge in [-0.25, -0.2) is 9.59 Å². The molecule has 120 valence electrons. The SMILES string of the molecule is O=C(Nc1cc(Cl)cc(Cl)c1)N[C@@H](Cc1ccccc1)C(=O)O. The highest BCUT2D eigenvalue weighted by Gasteiger charge is 2.20. The first-order valence-corrected chi connectivity index (χ1v) is 7.50. The van der Waals surface area contributed by atoms with Crippen LogP contribution in [0.3, 0.4) is 0 Å². The highest BCUT2D eigenvalue weighted by Crippen LogP contribution is 2.22. The number of nitrogens with one attached hydrogen (secondary N) is 2. The second-order valence-electron chi connectivity index (χ2n) is 4.84. The van der Waals surface area contributed by atoms with E-state index in [4.69, 9.17) is 23.2 Å². The number of amides is 2. The Hall–Kier alpha value is -2.24. The first-order chi connectivity index (χ1) is 10.9. The Balaban J connectivity index is 2.02. The van der Waals surface area contributed by atoms with Gasteiger partial charge in [-0.15, -0.1) is 0 Å². The number of carboxylic acids is 1. The molecule has 0 aliphatic rings. The van der Waals surface area contributed by atoms with Gasteiger partial charge in [0, 0.05) is 22.2 Å². The maximum absolute atomic E-state index is 12.0. The van der Waals surface area contributed by atoms with Crippen LogP contribution in [0.25, 0.3) is 0 Å². The summed E-state index contributed by atoms with van der Waals surface area (Å²) in [5.41, 5.74) is 1.19. The minimum absolute atomic E-state index is 0.180. The summed E-state index contributed by atoms with van der Waals surface area (Å²) in [4.78, 5) is 23.3. The summed E-state index contributed by atoms with van der Waals surface area (Å²) in [6, 6.07) is 11.9. The average Bonchev–Trinajstić information content (AvgIpc) is 2.46. The molecular formula is C16H14Cl2N2O3. The topological polar surface area (TPSA) is 78.4 Å². The lowest BCUT2D eigenvalue weighted by molar-refractivity contribution is -0.139. The van der Waals surface area contributed by atoms with Crippen molar-refractivity contribution in [3.8, 4) is 0 Å². The fourth-order valence-electron chi connectivity index (χ4n) is 2.00. The molecule has 2 aromatic carbocycles. The van der Waals surface area contributed by atoms with E-state index in [9.17, 15) is 14.7 Å². The molecule has 0 fully saturated rings. The number of rotatable bonds is 5. The van der Waals surface area contributed by atoms with Crippen LogP contribution in [0.5, 0.6) is 0 Å². The third-order valence-corrected chi connectivity index (χ3v) is 3.44. The van der Waals surface area contributed by atoms with Gasteiger partial charge >= 0.3 is 12.0 Å². The molecule has 0 aliphatic carbocycles. The summed E-state index contributed by atoms with van der Waals surface area (Å²) in [6.07, 6.45) is 0.180. The van der Waals surface area contributed by atoms with Gasteiger partial charge in [0.25, 0.3) is 0 Å². The van der Waals surface area contributed by atoms with Gasteiger partial charge in [0.05, 0.1) is 0 Å². The highest BCUT2D eigenvalue weighted by molar-refractivity contribution is 6.35. The Morgan fingerprint density at radius 2 is 1.65 bits per heavy atom.